The average molecular weight is 254 g/mol. The smallest absolute Gasteiger partial charge is 0.322 e. The van der Waals surface area contributed by atoms with Crippen LogP contribution in [0.1, 0.15) is 47.5 Å². The maximum Gasteiger partial charge on any atom is 0.322 e. The number of nitrogens with zero attached hydrogens (tertiary/aromatic N) is 2. The van der Waals surface area contributed by atoms with Crippen LogP contribution in [-0.2, 0) is 9.53 Å². The Hall–Kier alpha value is -0.610. The molecule has 0 bridgehead atoms. The van der Waals surface area contributed by atoms with Gasteiger partial charge in [-0.1, -0.05) is 0 Å². The van der Waals surface area contributed by atoms with Crippen LogP contribution < -0.4 is 0 Å². The highest BCUT2D eigenvalue weighted by Crippen LogP contribution is 2.37. The molecule has 0 aromatic carbocycles. The maximum atomic E-state index is 11.7. The standard InChI is InChI=1S/C14H26N2O2/c1-11(2)16-9-12(17)18-14(16)7-6-8-15(10-14)13(3,4)5/h11H,6-10H2,1-5H3. The number of rotatable bonds is 1. The van der Waals surface area contributed by atoms with Gasteiger partial charge in [-0.2, -0.15) is 0 Å². The molecule has 4 nitrogen and oxygen atoms in total. The molecule has 2 saturated heterocycles. The van der Waals surface area contributed by atoms with Crippen molar-refractivity contribution in [1.29, 1.82) is 0 Å². The van der Waals surface area contributed by atoms with E-state index in [0.29, 0.717) is 12.6 Å². The second kappa shape index (κ2) is 4.49. The van der Waals surface area contributed by atoms with Crippen molar-refractivity contribution in [2.45, 2.75) is 64.8 Å². The van der Waals surface area contributed by atoms with Crippen molar-refractivity contribution in [2.75, 3.05) is 19.6 Å². The van der Waals surface area contributed by atoms with E-state index in [-0.39, 0.29) is 17.2 Å². The number of hydrogen-bond acceptors (Lipinski definition) is 4. The van der Waals surface area contributed by atoms with E-state index in [4.69, 9.17) is 4.74 Å². The lowest BCUT2D eigenvalue weighted by Crippen LogP contribution is -2.61. The van der Waals surface area contributed by atoms with Crippen molar-refractivity contribution in [3.05, 3.63) is 0 Å². The van der Waals surface area contributed by atoms with Gasteiger partial charge in [-0.3, -0.25) is 14.6 Å². The van der Waals surface area contributed by atoms with Gasteiger partial charge in [0.1, 0.15) is 6.54 Å². The van der Waals surface area contributed by atoms with Gasteiger partial charge in [0.2, 0.25) is 0 Å². The van der Waals surface area contributed by atoms with E-state index in [1.54, 1.807) is 0 Å². The molecule has 0 aliphatic carbocycles. The first kappa shape index (κ1) is 13.8. The fourth-order valence-corrected chi connectivity index (χ4v) is 3.13. The van der Waals surface area contributed by atoms with Crippen molar-refractivity contribution in [1.82, 2.24) is 9.80 Å². The molecule has 1 atom stereocenters. The van der Waals surface area contributed by atoms with Crippen molar-refractivity contribution < 1.29 is 9.53 Å². The molecule has 0 radical (unpaired) electrons. The second-order valence-electron chi connectivity index (χ2n) is 6.84. The predicted octanol–water partition coefficient (Wildman–Crippen LogP) is 1.84. The summed E-state index contributed by atoms with van der Waals surface area (Å²) in [5, 5.41) is 0. The first-order valence-corrected chi connectivity index (χ1v) is 6.98. The van der Waals surface area contributed by atoms with E-state index in [1.807, 2.05) is 0 Å². The molecule has 2 rings (SSSR count). The third-order valence-electron chi connectivity index (χ3n) is 4.13. The Labute approximate surface area is 110 Å². The van der Waals surface area contributed by atoms with Crippen LogP contribution in [0.4, 0.5) is 0 Å². The predicted molar refractivity (Wildman–Crippen MR) is 71.2 cm³/mol. The number of ether oxygens (including phenoxy) is 1. The molecule has 0 aromatic heterocycles. The highest BCUT2D eigenvalue weighted by Gasteiger charge is 2.51. The van der Waals surface area contributed by atoms with E-state index in [0.717, 1.165) is 25.9 Å². The van der Waals surface area contributed by atoms with E-state index in [9.17, 15) is 4.79 Å². The molecule has 2 aliphatic heterocycles. The fourth-order valence-electron chi connectivity index (χ4n) is 3.13. The van der Waals surface area contributed by atoms with E-state index in [2.05, 4.69) is 44.4 Å². The second-order valence-corrected chi connectivity index (χ2v) is 6.84. The molecule has 0 aromatic rings. The van der Waals surface area contributed by atoms with Gasteiger partial charge in [-0.05, 0) is 47.6 Å². The summed E-state index contributed by atoms with van der Waals surface area (Å²) in [5.41, 5.74) is -0.248. The van der Waals surface area contributed by atoms with Crippen LogP contribution in [0.15, 0.2) is 0 Å². The molecule has 4 heteroatoms. The molecule has 18 heavy (non-hydrogen) atoms. The Morgan fingerprint density at radius 1 is 1.33 bits per heavy atom. The first-order chi connectivity index (χ1) is 8.24. The molecular formula is C14H26N2O2. The lowest BCUT2D eigenvalue weighted by molar-refractivity contribution is -0.170. The number of hydrogen-bond donors (Lipinski definition) is 0. The Morgan fingerprint density at radius 2 is 2.00 bits per heavy atom. The highest BCUT2D eigenvalue weighted by atomic mass is 16.6. The zero-order valence-electron chi connectivity index (χ0n) is 12.3. The molecule has 1 unspecified atom stereocenters. The Bertz CT molecular complexity index is 335. The minimum atomic E-state index is -0.378. The summed E-state index contributed by atoms with van der Waals surface area (Å²) in [7, 11) is 0. The third-order valence-corrected chi connectivity index (χ3v) is 4.13. The molecule has 1 spiro atoms. The van der Waals surface area contributed by atoms with Gasteiger partial charge < -0.3 is 4.74 Å². The zero-order valence-corrected chi connectivity index (χ0v) is 12.3. The highest BCUT2D eigenvalue weighted by molar-refractivity contribution is 5.74. The minimum absolute atomic E-state index is 0.0699. The normalized spacial score (nSPS) is 31.3. The van der Waals surface area contributed by atoms with Crippen molar-refractivity contribution in [2.24, 2.45) is 0 Å². The number of esters is 1. The number of piperidine rings is 1. The number of likely N-dealkylation sites (tertiary alicyclic amines) is 1. The molecule has 2 heterocycles. The molecule has 2 aliphatic rings. The Morgan fingerprint density at radius 3 is 2.56 bits per heavy atom. The molecule has 0 N–H and O–H groups in total. The Balaban J connectivity index is 2.21. The summed E-state index contributed by atoms with van der Waals surface area (Å²) in [5.74, 6) is -0.0699. The molecule has 104 valence electrons. The minimum Gasteiger partial charge on any atom is -0.441 e. The summed E-state index contributed by atoms with van der Waals surface area (Å²) in [6, 6.07) is 0.344. The van der Waals surface area contributed by atoms with Gasteiger partial charge >= 0.3 is 5.97 Å². The average Bonchev–Trinajstić information content (AvgIpc) is 2.54. The lowest BCUT2D eigenvalue weighted by Gasteiger charge is -2.49. The van der Waals surface area contributed by atoms with E-state index >= 15 is 0 Å². The van der Waals surface area contributed by atoms with Crippen LogP contribution in [0, 0.1) is 0 Å². The van der Waals surface area contributed by atoms with Gasteiger partial charge in [0.15, 0.2) is 5.72 Å². The van der Waals surface area contributed by atoms with Crippen LogP contribution in [0.3, 0.4) is 0 Å². The first-order valence-electron chi connectivity index (χ1n) is 6.98. The fraction of sp³-hybridized carbons (Fsp3) is 0.929. The lowest BCUT2D eigenvalue weighted by atomic mass is 9.94. The van der Waals surface area contributed by atoms with E-state index < -0.39 is 0 Å². The van der Waals surface area contributed by atoms with Crippen LogP contribution in [0.25, 0.3) is 0 Å². The summed E-state index contributed by atoms with van der Waals surface area (Å²) in [4.78, 5) is 16.4. The summed E-state index contributed by atoms with van der Waals surface area (Å²) >= 11 is 0. The number of carbonyl (C=O) groups excluding carboxylic acids is 1. The van der Waals surface area contributed by atoms with Crippen molar-refractivity contribution in [3.63, 3.8) is 0 Å². The topological polar surface area (TPSA) is 32.8 Å². The third kappa shape index (κ3) is 2.41. The summed E-state index contributed by atoms with van der Waals surface area (Å²) in [6.45, 7) is 13.3. The largest absolute Gasteiger partial charge is 0.441 e. The quantitative estimate of drug-likeness (QED) is 0.669. The van der Waals surface area contributed by atoms with Gasteiger partial charge in [0.05, 0.1) is 6.54 Å². The molecule has 0 amide bonds. The number of carbonyl (C=O) groups is 1. The maximum absolute atomic E-state index is 11.7. The monoisotopic (exact) mass is 254 g/mol. The van der Waals surface area contributed by atoms with Crippen molar-refractivity contribution in [3.8, 4) is 0 Å². The van der Waals surface area contributed by atoms with Crippen LogP contribution in [-0.4, -0.2) is 52.7 Å². The molecule has 0 saturated carbocycles. The van der Waals surface area contributed by atoms with Gasteiger partial charge in [0, 0.05) is 18.0 Å². The molecule has 2 fully saturated rings. The van der Waals surface area contributed by atoms with Crippen molar-refractivity contribution >= 4 is 5.97 Å². The van der Waals surface area contributed by atoms with Crippen LogP contribution in [0.5, 0.6) is 0 Å². The SMILES string of the molecule is CC(C)N1CC(=O)OC12CCCN(C(C)(C)C)C2. The van der Waals surface area contributed by atoms with E-state index in [1.165, 1.54) is 0 Å². The Kier molecular flexibility index (Phi) is 3.45. The zero-order chi connectivity index (χ0) is 13.6. The summed E-state index contributed by atoms with van der Waals surface area (Å²) < 4.78 is 5.73. The van der Waals surface area contributed by atoms with Crippen LogP contribution in [0.2, 0.25) is 0 Å². The van der Waals surface area contributed by atoms with Gasteiger partial charge in [0.25, 0.3) is 0 Å². The van der Waals surface area contributed by atoms with Gasteiger partial charge in [-0.25, -0.2) is 0 Å². The van der Waals surface area contributed by atoms with Crippen LogP contribution >= 0.6 is 0 Å². The summed E-state index contributed by atoms with van der Waals surface area (Å²) in [6.07, 6.45) is 2.05. The molecular weight excluding hydrogens is 228 g/mol. The van der Waals surface area contributed by atoms with Gasteiger partial charge in [-0.15, -0.1) is 0 Å².